The number of benzene rings is 2. The third kappa shape index (κ3) is 5.28. The van der Waals surface area contributed by atoms with Gasteiger partial charge < -0.3 is 10.6 Å². The van der Waals surface area contributed by atoms with Crippen molar-refractivity contribution in [2.45, 2.75) is 19.8 Å². The Bertz CT molecular complexity index is 912. The molecule has 1 aromatic heterocycles. The first-order valence-electron chi connectivity index (χ1n) is 8.86. The van der Waals surface area contributed by atoms with Crippen molar-refractivity contribution < 1.29 is 4.79 Å². The van der Waals surface area contributed by atoms with Crippen LogP contribution in [0.15, 0.2) is 60.8 Å². The van der Waals surface area contributed by atoms with Crippen LogP contribution in [0.2, 0.25) is 5.02 Å². The summed E-state index contributed by atoms with van der Waals surface area (Å²) in [6.45, 7) is 2.71. The van der Waals surface area contributed by atoms with Gasteiger partial charge in [0.05, 0.1) is 0 Å². The maximum atomic E-state index is 12.5. The van der Waals surface area contributed by atoms with Gasteiger partial charge in [0.1, 0.15) is 5.69 Å². The molecular weight excluding hydrogens is 360 g/mol. The second kappa shape index (κ2) is 9.14. The lowest BCUT2D eigenvalue weighted by atomic mass is 10.1. The second-order valence-electron chi connectivity index (χ2n) is 6.03. The van der Waals surface area contributed by atoms with Crippen molar-refractivity contribution in [2.24, 2.45) is 0 Å². The van der Waals surface area contributed by atoms with Gasteiger partial charge in [-0.25, -0.2) is 9.97 Å². The first-order valence-corrected chi connectivity index (χ1v) is 9.24. The maximum absolute atomic E-state index is 12.5. The molecule has 1 amide bonds. The van der Waals surface area contributed by atoms with Crippen LogP contribution in [-0.4, -0.2) is 22.4 Å². The van der Waals surface area contributed by atoms with E-state index >= 15 is 0 Å². The van der Waals surface area contributed by atoms with Gasteiger partial charge in [0.2, 0.25) is 5.95 Å². The van der Waals surface area contributed by atoms with Gasteiger partial charge in [-0.3, -0.25) is 4.79 Å². The number of carbonyl (C=O) groups excluding carboxylic acids is 1. The molecule has 3 aromatic rings. The molecule has 0 unspecified atom stereocenters. The van der Waals surface area contributed by atoms with E-state index in [4.69, 9.17) is 11.6 Å². The van der Waals surface area contributed by atoms with E-state index in [1.54, 1.807) is 12.3 Å². The topological polar surface area (TPSA) is 66.9 Å². The number of nitrogens with one attached hydrogen (secondary N) is 2. The number of aryl methyl sites for hydroxylation is 1. The lowest BCUT2D eigenvalue weighted by Gasteiger charge is -2.10. The second-order valence-corrected chi connectivity index (χ2v) is 6.47. The molecule has 0 atom stereocenters. The monoisotopic (exact) mass is 380 g/mol. The molecule has 0 aliphatic heterocycles. The smallest absolute Gasteiger partial charge is 0.274 e. The van der Waals surface area contributed by atoms with Crippen LogP contribution >= 0.6 is 11.6 Å². The fourth-order valence-electron chi connectivity index (χ4n) is 2.68. The summed E-state index contributed by atoms with van der Waals surface area (Å²) in [5.74, 6) is 0.180. The molecule has 138 valence electrons. The minimum absolute atomic E-state index is 0.251. The van der Waals surface area contributed by atoms with Crippen molar-refractivity contribution >= 4 is 29.1 Å². The van der Waals surface area contributed by atoms with E-state index in [0.29, 0.717) is 18.2 Å². The van der Waals surface area contributed by atoms with E-state index in [2.05, 4.69) is 27.5 Å². The number of anilines is 2. The summed E-state index contributed by atoms with van der Waals surface area (Å²) in [5.41, 5.74) is 3.38. The molecule has 0 bridgehead atoms. The molecular formula is C21H21ClN4O. The van der Waals surface area contributed by atoms with Crippen molar-refractivity contribution in [2.75, 3.05) is 17.2 Å². The van der Waals surface area contributed by atoms with Crippen LogP contribution in [0.4, 0.5) is 11.6 Å². The molecule has 1 heterocycles. The Hall–Kier alpha value is -2.92. The molecule has 6 heteroatoms. The Morgan fingerprint density at radius 2 is 1.85 bits per heavy atom. The first-order chi connectivity index (χ1) is 13.2. The van der Waals surface area contributed by atoms with Gasteiger partial charge in [0.15, 0.2) is 0 Å². The van der Waals surface area contributed by atoms with E-state index in [0.717, 1.165) is 34.7 Å². The van der Waals surface area contributed by atoms with Crippen LogP contribution in [0.5, 0.6) is 0 Å². The van der Waals surface area contributed by atoms with E-state index in [9.17, 15) is 4.79 Å². The average molecular weight is 381 g/mol. The summed E-state index contributed by atoms with van der Waals surface area (Å²) in [4.78, 5) is 21.0. The van der Waals surface area contributed by atoms with Gasteiger partial charge in [-0.05, 0) is 48.2 Å². The summed E-state index contributed by atoms with van der Waals surface area (Å²) >= 11 is 5.89. The van der Waals surface area contributed by atoms with E-state index in [1.807, 2.05) is 48.5 Å². The molecule has 0 spiro atoms. The van der Waals surface area contributed by atoms with Crippen molar-refractivity contribution in [3.8, 4) is 0 Å². The van der Waals surface area contributed by atoms with Gasteiger partial charge in [0, 0.05) is 23.5 Å². The Morgan fingerprint density at radius 1 is 1.07 bits per heavy atom. The number of carbonyl (C=O) groups is 1. The van der Waals surface area contributed by atoms with Crippen molar-refractivity contribution in [3.63, 3.8) is 0 Å². The maximum Gasteiger partial charge on any atom is 0.274 e. The number of nitrogens with zero attached hydrogens (tertiary/aromatic N) is 2. The molecule has 2 N–H and O–H groups in total. The quantitative estimate of drug-likeness (QED) is 0.628. The summed E-state index contributed by atoms with van der Waals surface area (Å²) in [6.07, 6.45) is 3.23. The minimum atomic E-state index is -0.251. The summed E-state index contributed by atoms with van der Waals surface area (Å²) < 4.78 is 0. The third-order valence-corrected chi connectivity index (χ3v) is 4.40. The SMILES string of the molecule is CCc1ccccc1NC(=O)c1ccnc(NCCc2ccc(Cl)cc2)n1. The highest BCUT2D eigenvalue weighted by molar-refractivity contribution is 6.30. The van der Waals surface area contributed by atoms with Crippen molar-refractivity contribution in [1.29, 1.82) is 0 Å². The molecule has 0 saturated carbocycles. The molecule has 0 fully saturated rings. The van der Waals surface area contributed by atoms with Crippen molar-refractivity contribution in [1.82, 2.24) is 9.97 Å². The molecule has 3 rings (SSSR count). The lowest BCUT2D eigenvalue weighted by Crippen LogP contribution is -2.16. The molecule has 2 aromatic carbocycles. The van der Waals surface area contributed by atoms with Gasteiger partial charge in [-0.15, -0.1) is 0 Å². The first kappa shape index (κ1) is 18.9. The highest BCUT2D eigenvalue weighted by atomic mass is 35.5. The van der Waals surface area contributed by atoms with Crippen molar-refractivity contribution in [3.05, 3.63) is 82.6 Å². The number of rotatable bonds is 7. The highest BCUT2D eigenvalue weighted by Crippen LogP contribution is 2.16. The number of hydrogen-bond acceptors (Lipinski definition) is 4. The van der Waals surface area contributed by atoms with Crippen LogP contribution < -0.4 is 10.6 Å². The molecule has 0 aliphatic carbocycles. The van der Waals surface area contributed by atoms with Crippen LogP contribution in [0.1, 0.15) is 28.5 Å². The number of aromatic nitrogens is 2. The van der Waals surface area contributed by atoms with Crippen LogP contribution in [0.25, 0.3) is 0 Å². The fraction of sp³-hybridized carbons (Fsp3) is 0.190. The molecule has 0 saturated heterocycles. The number of amides is 1. The zero-order valence-corrected chi connectivity index (χ0v) is 15.8. The Balaban J connectivity index is 1.60. The Kier molecular flexibility index (Phi) is 6.39. The predicted octanol–water partition coefficient (Wildman–Crippen LogP) is 4.60. The zero-order valence-electron chi connectivity index (χ0n) is 15.1. The Morgan fingerprint density at radius 3 is 2.63 bits per heavy atom. The molecule has 0 radical (unpaired) electrons. The highest BCUT2D eigenvalue weighted by Gasteiger charge is 2.11. The third-order valence-electron chi connectivity index (χ3n) is 4.14. The summed E-state index contributed by atoms with van der Waals surface area (Å²) in [6, 6.07) is 17.1. The largest absolute Gasteiger partial charge is 0.354 e. The molecule has 5 nitrogen and oxygen atoms in total. The fourth-order valence-corrected chi connectivity index (χ4v) is 2.80. The average Bonchev–Trinajstić information content (AvgIpc) is 2.70. The summed E-state index contributed by atoms with van der Waals surface area (Å²) in [5, 5.41) is 6.80. The standard InChI is InChI=1S/C21H21ClN4O/c1-2-16-5-3-4-6-18(16)25-20(27)19-12-14-24-21(26-19)23-13-11-15-7-9-17(22)10-8-15/h3-10,12,14H,2,11,13H2,1H3,(H,25,27)(H,23,24,26). The minimum Gasteiger partial charge on any atom is -0.354 e. The van der Waals surface area contributed by atoms with E-state index in [1.165, 1.54) is 0 Å². The number of para-hydroxylation sites is 1. The van der Waals surface area contributed by atoms with Crippen LogP contribution in [0.3, 0.4) is 0 Å². The predicted molar refractivity (Wildman–Crippen MR) is 109 cm³/mol. The van der Waals surface area contributed by atoms with E-state index in [-0.39, 0.29) is 5.91 Å². The van der Waals surface area contributed by atoms with E-state index < -0.39 is 0 Å². The summed E-state index contributed by atoms with van der Waals surface area (Å²) in [7, 11) is 0. The van der Waals surface area contributed by atoms with Gasteiger partial charge in [-0.2, -0.15) is 0 Å². The van der Waals surface area contributed by atoms with Gasteiger partial charge >= 0.3 is 0 Å². The van der Waals surface area contributed by atoms with Gasteiger partial charge in [-0.1, -0.05) is 48.9 Å². The molecule has 0 aliphatic rings. The van der Waals surface area contributed by atoms with Gasteiger partial charge in [0.25, 0.3) is 5.91 Å². The molecule has 27 heavy (non-hydrogen) atoms. The number of halogens is 1. The van der Waals surface area contributed by atoms with Crippen LogP contribution in [0, 0.1) is 0 Å². The van der Waals surface area contributed by atoms with Crippen LogP contribution in [-0.2, 0) is 12.8 Å². The number of hydrogen-bond donors (Lipinski definition) is 2. The Labute approximate surface area is 163 Å². The normalized spacial score (nSPS) is 10.4. The zero-order chi connectivity index (χ0) is 19.1. The lowest BCUT2D eigenvalue weighted by molar-refractivity contribution is 0.102.